The Morgan fingerprint density at radius 2 is 1.79 bits per heavy atom. The number of oxazole rings is 1. The van der Waals surface area contributed by atoms with Crippen LogP contribution in [0.1, 0.15) is 26.6 Å². The number of rotatable bonds is 2. The van der Waals surface area contributed by atoms with Gasteiger partial charge in [-0.05, 0) is 31.2 Å². The Hall–Kier alpha value is -2.70. The zero-order valence-electron chi connectivity index (χ0n) is 9.94. The number of carbonyl (C=O) groups excluding carboxylic acids is 2. The van der Waals surface area contributed by atoms with Gasteiger partial charge < -0.3 is 4.42 Å². The Kier molecular flexibility index (Phi) is 3.56. The number of benzene rings is 1. The summed E-state index contributed by atoms with van der Waals surface area (Å²) in [6.45, 7) is 1.57. The van der Waals surface area contributed by atoms with Crippen LogP contribution in [0, 0.1) is 12.7 Å². The minimum Gasteiger partial charge on any atom is -0.448 e. The standard InChI is InChI=1S/C12H10FN3O3/c1-7-10(14-6-19-7)12(18)16-15-11(17)8-2-4-9(13)5-3-8/h2-6H,1H3,(H,15,17)(H,16,18). The summed E-state index contributed by atoms with van der Waals surface area (Å²) in [5.41, 5.74) is 4.68. The lowest BCUT2D eigenvalue weighted by molar-refractivity contribution is 0.0843. The summed E-state index contributed by atoms with van der Waals surface area (Å²) in [7, 11) is 0. The zero-order valence-corrected chi connectivity index (χ0v) is 9.94. The van der Waals surface area contributed by atoms with Crippen molar-refractivity contribution >= 4 is 11.8 Å². The minimum absolute atomic E-state index is 0.0828. The highest BCUT2D eigenvalue weighted by Crippen LogP contribution is 2.04. The fourth-order valence-corrected chi connectivity index (χ4v) is 1.37. The van der Waals surface area contributed by atoms with Gasteiger partial charge in [0.1, 0.15) is 11.6 Å². The first-order valence-electron chi connectivity index (χ1n) is 5.34. The normalized spacial score (nSPS) is 10.0. The summed E-state index contributed by atoms with van der Waals surface area (Å²) >= 11 is 0. The van der Waals surface area contributed by atoms with Crippen molar-refractivity contribution < 1.29 is 18.4 Å². The molecule has 0 unspecified atom stereocenters. The predicted octanol–water partition coefficient (Wildman–Crippen LogP) is 1.20. The van der Waals surface area contributed by atoms with Crippen LogP contribution in [0.2, 0.25) is 0 Å². The molecular weight excluding hydrogens is 253 g/mol. The predicted molar refractivity (Wildman–Crippen MR) is 62.6 cm³/mol. The van der Waals surface area contributed by atoms with Gasteiger partial charge in [0, 0.05) is 5.56 Å². The molecule has 2 aromatic rings. The third-order valence-electron chi connectivity index (χ3n) is 2.36. The Balaban J connectivity index is 1.96. The van der Waals surface area contributed by atoms with Crippen molar-refractivity contribution in [3.8, 4) is 0 Å². The van der Waals surface area contributed by atoms with Gasteiger partial charge in [-0.15, -0.1) is 0 Å². The van der Waals surface area contributed by atoms with Crippen LogP contribution in [0.25, 0.3) is 0 Å². The average Bonchev–Trinajstić information content (AvgIpc) is 2.83. The maximum atomic E-state index is 12.7. The Morgan fingerprint density at radius 3 is 2.37 bits per heavy atom. The number of nitrogens with zero attached hydrogens (tertiary/aromatic N) is 1. The third-order valence-corrected chi connectivity index (χ3v) is 2.36. The Morgan fingerprint density at radius 1 is 1.16 bits per heavy atom. The van der Waals surface area contributed by atoms with E-state index in [4.69, 9.17) is 4.42 Å². The van der Waals surface area contributed by atoms with E-state index < -0.39 is 17.6 Å². The molecule has 2 amide bonds. The van der Waals surface area contributed by atoms with Crippen LogP contribution in [0.5, 0.6) is 0 Å². The lowest BCUT2D eigenvalue weighted by Gasteiger charge is -2.06. The number of nitrogens with one attached hydrogen (secondary N) is 2. The Bertz CT molecular complexity index is 607. The molecule has 0 spiro atoms. The van der Waals surface area contributed by atoms with Crippen LogP contribution in [0.3, 0.4) is 0 Å². The number of aromatic nitrogens is 1. The van der Waals surface area contributed by atoms with Crippen LogP contribution in [-0.4, -0.2) is 16.8 Å². The molecule has 1 heterocycles. The fraction of sp³-hybridized carbons (Fsp3) is 0.0833. The first-order valence-corrected chi connectivity index (χ1v) is 5.34. The van der Waals surface area contributed by atoms with Gasteiger partial charge in [0.05, 0.1) is 0 Å². The van der Waals surface area contributed by atoms with Gasteiger partial charge in [0.25, 0.3) is 11.8 Å². The summed E-state index contributed by atoms with van der Waals surface area (Å²) in [5.74, 6) is -1.26. The van der Waals surface area contributed by atoms with Crippen molar-refractivity contribution in [3.63, 3.8) is 0 Å². The van der Waals surface area contributed by atoms with Crippen LogP contribution in [-0.2, 0) is 0 Å². The van der Waals surface area contributed by atoms with Gasteiger partial charge in [-0.2, -0.15) is 0 Å². The quantitative estimate of drug-likeness (QED) is 0.797. The molecule has 1 aromatic heterocycles. The smallest absolute Gasteiger partial charge is 0.291 e. The molecule has 1 aromatic carbocycles. The van der Waals surface area contributed by atoms with E-state index in [-0.39, 0.29) is 11.3 Å². The molecular formula is C12H10FN3O3. The lowest BCUT2D eigenvalue weighted by Crippen LogP contribution is -2.42. The molecule has 0 radical (unpaired) electrons. The SMILES string of the molecule is Cc1ocnc1C(=O)NNC(=O)c1ccc(F)cc1. The lowest BCUT2D eigenvalue weighted by atomic mass is 10.2. The van der Waals surface area contributed by atoms with Crippen LogP contribution in [0.4, 0.5) is 4.39 Å². The van der Waals surface area contributed by atoms with E-state index in [1.54, 1.807) is 6.92 Å². The van der Waals surface area contributed by atoms with E-state index >= 15 is 0 Å². The molecule has 0 aliphatic carbocycles. The largest absolute Gasteiger partial charge is 0.448 e. The van der Waals surface area contributed by atoms with Crippen molar-refractivity contribution in [2.45, 2.75) is 6.92 Å². The fourth-order valence-electron chi connectivity index (χ4n) is 1.37. The molecule has 0 bridgehead atoms. The second kappa shape index (κ2) is 5.30. The van der Waals surface area contributed by atoms with E-state index in [2.05, 4.69) is 15.8 Å². The number of hydrogen-bond donors (Lipinski definition) is 2. The van der Waals surface area contributed by atoms with Crippen LogP contribution < -0.4 is 10.9 Å². The van der Waals surface area contributed by atoms with Gasteiger partial charge in [-0.25, -0.2) is 9.37 Å². The molecule has 0 aliphatic heterocycles. The van der Waals surface area contributed by atoms with Gasteiger partial charge in [0.2, 0.25) is 0 Å². The molecule has 7 heteroatoms. The number of halogens is 1. The summed E-state index contributed by atoms with van der Waals surface area (Å²) in [6, 6.07) is 4.91. The van der Waals surface area contributed by atoms with Gasteiger partial charge in [0.15, 0.2) is 12.1 Å². The average molecular weight is 263 g/mol. The Labute approximate surface area is 107 Å². The monoisotopic (exact) mass is 263 g/mol. The summed E-state index contributed by atoms with van der Waals surface area (Å²) < 4.78 is 17.5. The van der Waals surface area contributed by atoms with Crippen molar-refractivity contribution in [1.29, 1.82) is 0 Å². The van der Waals surface area contributed by atoms with E-state index in [1.807, 2.05) is 0 Å². The molecule has 0 saturated carbocycles. The number of hydrazine groups is 1. The second-order valence-corrected chi connectivity index (χ2v) is 3.67. The van der Waals surface area contributed by atoms with E-state index in [0.717, 1.165) is 18.5 Å². The highest BCUT2D eigenvalue weighted by Gasteiger charge is 2.14. The third kappa shape index (κ3) is 2.95. The highest BCUT2D eigenvalue weighted by atomic mass is 19.1. The van der Waals surface area contributed by atoms with Gasteiger partial charge >= 0.3 is 0 Å². The number of carbonyl (C=O) groups is 2. The number of aryl methyl sites for hydroxylation is 1. The van der Waals surface area contributed by atoms with Crippen LogP contribution in [0.15, 0.2) is 35.1 Å². The summed E-state index contributed by atoms with van der Waals surface area (Å²) in [4.78, 5) is 26.9. The molecule has 0 atom stereocenters. The maximum Gasteiger partial charge on any atom is 0.291 e. The molecule has 19 heavy (non-hydrogen) atoms. The molecule has 2 rings (SSSR count). The molecule has 0 aliphatic rings. The molecule has 0 saturated heterocycles. The minimum atomic E-state index is -0.596. The molecule has 0 fully saturated rings. The van der Waals surface area contributed by atoms with Gasteiger partial charge in [-0.3, -0.25) is 20.4 Å². The summed E-state index contributed by atoms with van der Waals surface area (Å²) in [6.07, 6.45) is 1.13. The first-order chi connectivity index (χ1) is 9.08. The first kappa shape index (κ1) is 12.7. The van der Waals surface area contributed by atoms with Crippen molar-refractivity contribution in [2.75, 3.05) is 0 Å². The van der Waals surface area contributed by atoms with E-state index in [9.17, 15) is 14.0 Å². The molecule has 98 valence electrons. The number of amides is 2. The number of hydrogen-bond acceptors (Lipinski definition) is 4. The second-order valence-electron chi connectivity index (χ2n) is 3.67. The zero-order chi connectivity index (χ0) is 13.8. The van der Waals surface area contributed by atoms with Gasteiger partial charge in [-0.1, -0.05) is 0 Å². The van der Waals surface area contributed by atoms with Crippen molar-refractivity contribution in [1.82, 2.24) is 15.8 Å². The van der Waals surface area contributed by atoms with E-state index in [0.29, 0.717) is 5.76 Å². The van der Waals surface area contributed by atoms with Crippen molar-refractivity contribution in [3.05, 3.63) is 53.5 Å². The van der Waals surface area contributed by atoms with E-state index in [1.165, 1.54) is 12.1 Å². The maximum absolute atomic E-state index is 12.7. The molecule has 2 N–H and O–H groups in total. The molecule has 6 nitrogen and oxygen atoms in total. The summed E-state index contributed by atoms with van der Waals surface area (Å²) in [5, 5.41) is 0. The topological polar surface area (TPSA) is 84.2 Å². The highest BCUT2D eigenvalue weighted by molar-refractivity contribution is 5.98. The van der Waals surface area contributed by atoms with Crippen molar-refractivity contribution in [2.24, 2.45) is 0 Å². The van der Waals surface area contributed by atoms with Crippen LogP contribution >= 0.6 is 0 Å².